The van der Waals surface area contributed by atoms with Crippen LogP contribution in [0, 0.1) is 0 Å². The van der Waals surface area contributed by atoms with Gasteiger partial charge in [0.2, 0.25) is 5.91 Å². The molecule has 0 aromatic heterocycles. The molecule has 0 unspecified atom stereocenters. The van der Waals surface area contributed by atoms with E-state index in [0.29, 0.717) is 32.7 Å². The van der Waals surface area contributed by atoms with Crippen LogP contribution < -0.4 is 4.74 Å². The predicted octanol–water partition coefficient (Wildman–Crippen LogP) is 1.87. The summed E-state index contributed by atoms with van der Waals surface area (Å²) < 4.78 is 11.7. The summed E-state index contributed by atoms with van der Waals surface area (Å²) >= 11 is 0. The fraction of sp³-hybridized carbons (Fsp3) is 0.600. The van der Waals surface area contributed by atoms with E-state index in [4.69, 9.17) is 9.47 Å². The van der Waals surface area contributed by atoms with E-state index < -0.39 is 0 Å². The van der Waals surface area contributed by atoms with Crippen molar-refractivity contribution in [3.63, 3.8) is 0 Å². The number of hydrogen-bond donors (Lipinski definition) is 0. The van der Waals surface area contributed by atoms with Gasteiger partial charge in [0.25, 0.3) is 5.91 Å². The van der Waals surface area contributed by atoms with Gasteiger partial charge in [-0.3, -0.25) is 9.59 Å². The maximum atomic E-state index is 12.9. The molecule has 1 aromatic carbocycles. The Bertz CT molecular complexity index is 710. The highest BCUT2D eigenvalue weighted by molar-refractivity contribution is 5.94. The molecule has 0 N–H and O–H groups in total. The first kappa shape index (κ1) is 17.3. The number of rotatable bonds is 1. The van der Waals surface area contributed by atoms with Crippen molar-refractivity contribution in [1.29, 1.82) is 0 Å². The number of likely N-dealkylation sites (tertiary alicyclic amines) is 1. The van der Waals surface area contributed by atoms with E-state index in [1.165, 1.54) is 0 Å². The van der Waals surface area contributed by atoms with Gasteiger partial charge < -0.3 is 19.3 Å². The Balaban J connectivity index is 1.43. The van der Waals surface area contributed by atoms with Gasteiger partial charge in [-0.05, 0) is 49.4 Å². The number of fused-ring (bicyclic) bond motifs is 1. The second-order valence-electron chi connectivity index (χ2n) is 7.60. The Hall–Kier alpha value is -2.08. The Labute approximate surface area is 154 Å². The highest BCUT2D eigenvalue weighted by Gasteiger charge is 2.40. The lowest BCUT2D eigenvalue weighted by Crippen LogP contribution is -2.52. The number of hydrogen-bond acceptors (Lipinski definition) is 4. The molecule has 4 rings (SSSR count). The van der Waals surface area contributed by atoms with Gasteiger partial charge in [-0.25, -0.2) is 0 Å². The molecule has 0 bridgehead atoms. The van der Waals surface area contributed by atoms with Gasteiger partial charge in [-0.2, -0.15) is 0 Å². The van der Waals surface area contributed by atoms with Crippen molar-refractivity contribution in [3.05, 3.63) is 29.3 Å². The number of aryl methyl sites for hydroxylation is 1. The molecular weight excluding hydrogens is 332 g/mol. The minimum atomic E-state index is -0.304. The summed E-state index contributed by atoms with van der Waals surface area (Å²) in [5.74, 6) is 1.12. The van der Waals surface area contributed by atoms with Crippen LogP contribution in [0.4, 0.5) is 0 Å². The van der Waals surface area contributed by atoms with Gasteiger partial charge in [0.05, 0.1) is 25.2 Å². The second-order valence-corrected chi connectivity index (χ2v) is 7.60. The molecule has 2 amide bonds. The molecule has 2 fully saturated rings. The average Bonchev–Trinajstić information content (AvgIpc) is 2.80. The molecule has 140 valence electrons. The van der Waals surface area contributed by atoms with Crippen molar-refractivity contribution < 1.29 is 19.1 Å². The number of likely N-dealkylation sites (N-methyl/N-ethyl adjacent to an activating group) is 1. The van der Waals surface area contributed by atoms with E-state index in [1.54, 1.807) is 4.90 Å². The minimum Gasteiger partial charge on any atom is -0.493 e. The molecule has 3 aliphatic heterocycles. The summed E-state index contributed by atoms with van der Waals surface area (Å²) in [6, 6.07) is 5.77. The van der Waals surface area contributed by atoms with Crippen LogP contribution in [0.25, 0.3) is 0 Å². The van der Waals surface area contributed by atoms with Crippen LogP contribution in [0.15, 0.2) is 18.2 Å². The Morgan fingerprint density at radius 1 is 1.15 bits per heavy atom. The number of amides is 2. The van der Waals surface area contributed by atoms with Crippen molar-refractivity contribution in [3.8, 4) is 5.75 Å². The molecule has 3 aliphatic rings. The van der Waals surface area contributed by atoms with Crippen molar-refractivity contribution >= 4 is 11.8 Å². The van der Waals surface area contributed by atoms with Gasteiger partial charge in [0, 0.05) is 32.2 Å². The van der Waals surface area contributed by atoms with Crippen LogP contribution >= 0.6 is 0 Å². The Kier molecular flexibility index (Phi) is 4.61. The smallest absolute Gasteiger partial charge is 0.253 e. The Morgan fingerprint density at radius 3 is 2.77 bits per heavy atom. The highest BCUT2D eigenvalue weighted by Crippen LogP contribution is 2.31. The zero-order chi connectivity index (χ0) is 18.1. The molecule has 0 saturated carbocycles. The number of ether oxygens (including phenoxy) is 2. The van der Waals surface area contributed by atoms with Crippen molar-refractivity contribution in [1.82, 2.24) is 9.80 Å². The normalized spacial score (nSPS) is 22.6. The van der Waals surface area contributed by atoms with E-state index >= 15 is 0 Å². The maximum Gasteiger partial charge on any atom is 0.253 e. The van der Waals surface area contributed by atoms with E-state index in [2.05, 4.69) is 0 Å². The van der Waals surface area contributed by atoms with Gasteiger partial charge >= 0.3 is 0 Å². The van der Waals surface area contributed by atoms with E-state index in [9.17, 15) is 9.59 Å². The summed E-state index contributed by atoms with van der Waals surface area (Å²) in [6.45, 7) is 3.17. The van der Waals surface area contributed by atoms with Crippen molar-refractivity contribution in [2.24, 2.45) is 0 Å². The fourth-order valence-electron chi connectivity index (χ4n) is 4.21. The second kappa shape index (κ2) is 6.91. The van der Waals surface area contributed by atoms with Gasteiger partial charge in [-0.1, -0.05) is 0 Å². The standard InChI is InChI=1S/C20H26N2O4/c1-21-14-20(26-12-6-18(21)23)7-9-22(10-8-20)19(24)16-4-5-17-15(13-16)3-2-11-25-17/h4-5,13H,2-3,6-12,14H2,1H3. The summed E-state index contributed by atoms with van der Waals surface area (Å²) in [6.07, 6.45) is 3.95. The molecule has 0 radical (unpaired) electrons. The molecule has 6 nitrogen and oxygen atoms in total. The topological polar surface area (TPSA) is 59.1 Å². The quantitative estimate of drug-likeness (QED) is 0.769. The first-order valence-electron chi connectivity index (χ1n) is 9.49. The van der Waals surface area contributed by atoms with Gasteiger partial charge in [-0.15, -0.1) is 0 Å². The van der Waals surface area contributed by atoms with E-state index in [-0.39, 0.29) is 17.4 Å². The highest BCUT2D eigenvalue weighted by atomic mass is 16.5. The van der Waals surface area contributed by atoms with Crippen LogP contribution in [0.3, 0.4) is 0 Å². The van der Waals surface area contributed by atoms with E-state index in [0.717, 1.165) is 49.2 Å². The lowest BCUT2D eigenvalue weighted by atomic mass is 9.90. The summed E-state index contributed by atoms with van der Waals surface area (Å²) in [5.41, 5.74) is 1.56. The van der Waals surface area contributed by atoms with Crippen molar-refractivity contribution in [2.45, 2.75) is 37.7 Å². The minimum absolute atomic E-state index is 0.0753. The van der Waals surface area contributed by atoms with Crippen LogP contribution in [-0.4, -0.2) is 67.1 Å². The third-order valence-electron chi connectivity index (χ3n) is 5.79. The first-order valence-corrected chi connectivity index (χ1v) is 9.49. The zero-order valence-corrected chi connectivity index (χ0v) is 15.3. The van der Waals surface area contributed by atoms with Crippen LogP contribution in [0.2, 0.25) is 0 Å². The van der Waals surface area contributed by atoms with Crippen LogP contribution in [-0.2, 0) is 16.0 Å². The van der Waals surface area contributed by atoms with Gasteiger partial charge in [0.1, 0.15) is 5.75 Å². The fourth-order valence-corrected chi connectivity index (χ4v) is 4.21. The number of carbonyl (C=O) groups excluding carboxylic acids is 2. The lowest BCUT2D eigenvalue weighted by molar-refractivity contribution is -0.130. The number of nitrogens with zero attached hydrogens (tertiary/aromatic N) is 2. The Morgan fingerprint density at radius 2 is 1.96 bits per heavy atom. The number of benzene rings is 1. The van der Waals surface area contributed by atoms with Crippen molar-refractivity contribution in [2.75, 3.05) is 39.9 Å². The number of carbonyl (C=O) groups is 2. The molecule has 1 aromatic rings. The summed E-state index contributed by atoms with van der Waals surface area (Å²) in [5, 5.41) is 0. The molecule has 2 saturated heterocycles. The lowest BCUT2D eigenvalue weighted by Gasteiger charge is -2.42. The molecule has 0 atom stereocenters. The maximum absolute atomic E-state index is 12.9. The molecule has 0 aliphatic carbocycles. The predicted molar refractivity (Wildman–Crippen MR) is 96.3 cm³/mol. The monoisotopic (exact) mass is 358 g/mol. The summed E-state index contributed by atoms with van der Waals surface area (Å²) in [4.78, 5) is 28.5. The molecular formula is C20H26N2O4. The first-order chi connectivity index (χ1) is 12.6. The third kappa shape index (κ3) is 3.30. The molecule has 3 heterocycles. The van der Waals surface area contributed by atoms with Crippen LogP contribution in [0.5, 0.6) is 5.75 Å². The summed E-state index contributed by atoms with van der Waals surface area (Å²) in [7, 11) is 1.84. The zero-order valence-electron chi connectivity index (χ0n) is 15.3. The van der Waals surface area contributed by atoms with E-state index in [1.807, 2.05) is 30.1 Å². The van der Waals surface area contributed by atoms with Gasteiger partial charge in [0.15, 0.2) is 0 Å². The molecule has 1 spiro atoms. The SMILES string of the molecule is CN1CC2(CCN(C(=O)c3ccc4c(c3)CCCO4)CC2)OCCC1=O. The average molecular weight is 358 g/mol. The largest absolute Gasteiger partial charge is 0.493 e. The molecule has 26 heavy (non-hydrogen) atoms. The molecule has 6 heteroatoms. The number of piperidine rings is 1. The third-order valence-corrected chi connectivity index (χ3v) is 5.79. The van der Waals surface area contributed by atoms with Crippen LogP contribution in [0.1, 0.15) is 41.6 Å².